The summed E-state index contributed by atoms with van der Waals surface area (Å²) in [6, 6.07) is 7.44. The van der Waals surface area contributed by atoms with Crippen molar-refractivity contribution < 1.29 is 9.84 Å². The molecule has 1 aromatic carbocycles. The number of nitrogens with zero attached hydrogens (tertiary/aromatic N) is 2. The first-order valence-electron chi connectivity index (χ1n) is 10.6. The van der Waals surface area contributed by atoms with E-state index in [0.29, 0.717) is 30.2 Å². The maximum absolute atomic E-state index is 12.6. The largest absolute Gasteiger partial charge is 0.497 e. The van der Waals surface area contributed by atoms with E-state index in [1.165, 1.54) is 0 Å². The number of H-pyrrole nitrogens is 1. The van der Waals surface area contributed by atoms with Crippen LogP contribution < -0.4 is 15.6 Å². The van der Waals surface area contributed by atoms with Crippen LogP contribution in [0, 0.1) is 0 Å². The SMILES string of the molecule is CCN(CC)CCCNC(=S)N(CCCO)Cc1cc2cc(OC)ccc2[nH]c1=O. The average molecular weight is 435 g/mol. The van der Waals surface area contributed by atoms with Crippen molar-refractivity contribution in [1.29, 1.82) is 0 Å². The maximum atomic E-state index is 12.6. The Bertz CT molecular complexity index is 867. The molecule has 0 atom stereocenters. The van der Waals surface area contributed by atoms with Crippen molar-refractivity contribution in [2.45, 2.75) is 33.2 Å². The molecular weight excluding hydrogens is 400 g/mol. The molecule has 2 aromatic rings. The number of ether oxygens (including phenoxy) is 1. The van der Waals surface area contributed by atoms with Gasteiger partial charge in [0.05, 0.1) is 13.7 Å². The molecule has 0 saturated heterocycles. The molecule has 1 heterocycles. The van der Waals surface area contributed by atoms with Gasteiger partial charge < -0.3 is 29.9 Å². The zero-order valence-electron chi connectivity index (χ0n) is 18.2. The summed E-state index contributed by atoms with van der Waals surface area (Å²) in [6.45, 7) is 9.23. The Balaban J connectivity index is 2.08. The van der Waals surface area contributed by atoms with E-state index in [-0.39, 0.29) is 12.2 Å². The van der Waals surface area contributed by atoms with Crippen molar-refractivity contribution >= 4 is 28.2 Å². The first-order valence-corrected chi connectivity index (χ1v) is 11.0. The van der Waals surface area contributed by atoms with Gasteiger partial charge in [0, 0.05) is 36.2 Å². The zero-order valence-corrected chi connectivity index (χ0v) is 19.1. The Morgan fingerprint density at radius 2 is 1.97 bits per heavy atom. The Hall–Kier alpha value is -2.16. The fraction of sp³-hybridized carbons (Fsp3) is 0.545. The van der Waals surface area contributed by atoms with Crippen molar-refractivity contribution in [2.75, 3.05) is 46.4 Å². The van der Waals surface area contributed by atoms with Gasteiger partial charge in [0.2, 0.25) is 0 Å². The van der Waals surface area contributed by atoms with Crippen molar-refractivity contribution in [3.8, 4) is 5.75 Å². The second-order valence-corrected chi connectivity index (χ2v) is 7.57. The second kappa shape index (κ2) is 12.5. The van der Waals surface area contributed by atoms with Crippen molar-refractivity contribution in [3.05, 3.63) is 40.2 Å². The molecule has 0 saturated carbocycles. The van der Waals surface area contributed by atoms with E-state index in [1.54, 1.807) is 7.11 Å². The summed E-state index contributed by atoms with van der Waals surface area (Å²) in [4.78, 5) is 19.8. The number of pyridine rings is 1. The number of fused-ring (bicyclic) bond motifs is 1. The summed E-state index contributed by atoms with van der Waals surface area (Å²) < 4.78 is 5.29. The minimum absolute atomic E-state index is 0.0757. The lowest BCUT2D eigenvalue weighted by Crippen LogP contribution is -2.42. The predicted molar refractivity (Wildman–Crippen MR) is 126 cm³/mol. The van der Waals surface area contributed by atoms with Crippen LogP contribution in [0.1, 0.15) is 32.3 Å². The van der Waals surface area contributed by atoms with Crippen LogP contribution >= 0.6 is 12.2 Å². The summed E-state index contributed by atoms with van der Waals surface area (Å²) in [7, 11) is 1.62. The molecular formula is C22H34N4O3S. The molecule has 0 spiro atoms. The van der Waals surface area contributed by atoms with E-state index < -0.39 is 0 Å². The highest BCUT2D eigenvalue weighted by molar-refractivity contribution is 7.80. The first-order chi connectivity index (χ1) is 14.5. The van der Waals surface area contributed by atoms with Gasteiger partial charge in [-0.2, -0.15) is 0 Å². The molecule has 0 unspecified atom stereocenters. The third-order valence-corrected chi connectivity index (χ3v) is 5.59. The average Bonchev–Trinajstić information content (AvgIpc) is 2.76. The number of thiocarbonyl (C=S) groups is 1. The quantitative estimate of drug-likeness (QED) is 0.349. The van der Waals surface area contributed by atoms with Gasteiger partial charge in [-0.3, -0.25) is 4.79 Å². The van der Waals surface area contributed by atoms with Gasteiger partial charge >= 0.3 is 0 Å². The van der Waals surface area contributed by atoms with Crippen LogP contribution in [0.5, 0.6) is 5.75 Å². The van der Waals surface area contributed by atoms with Crippen LogP contribution in [0.4, 0.5) is 0 Å². The lowest BCUT2D eigenvalue weighted by molar-refractivity contribution is 0.263. The van der Waals surface area contributed by atoms with E-state index in [1.807, 2.05) is 29.2 Å². The summed E-state index contributed by atoms with van der Waals surface area (Å²) in [5.74, 6) is 0.739. The highest BCUT2D eigenvalue weighted by Crippen LogP contribution is 2.19. The molecule has 0 fully saturated rings. The molecule has 8 heteroatoms. The van der Waals surface area contributed by atoms with Crippen molar-refractivity contribution in [2.24, 2.45) is 0 Å². The molecule has 166 valence electrons. The van der Waals surface area contributed by atoms with E-state index in [9.17, 15) is 9.90 Å². The van der Waals surface area contributed by atoms with Gasteiger partial charge in [0.15, 0.2) is 5.11 Å². The Morgan fingerprint density at radius 1 is 1.20 bits per heavy atom. The molecule has 0 aliphatic heterocycles. The monoisotopic (exact) mass is 434 g/mol. The number of nitrogens with one attached hydrogen (secondary N) is 2. The molecule has 30 heavy (non-hydrogen) atoms. The number of aliphatic hydroxyl groups excluding tert-OH is 1. The molecule has 1 aromatic heterocycles. The number of methoxy groups -OCH3 is 1. The van der Waals surface area contributed by atoms with Gasteiger partial charge in [-0.15, -0.1) is 0 Å². The number of aromatic nitrogens is 1. The third-order valence-electron chi connectivity index (χ3n) is 5.18. The van der Waals surface area contributed by atoms with E-state index in [2.05, 4.69) is 29.0 Å². The van der Waals surface area contributed by atoms with E-state index in [4.69, 9.17) is 17.0 Å². The van der Waals surface area contributed by atoms with Gasteiger partial charge in [0.1, 0.15) is 5.75 Å². The highest BCUT2D eigenvalue weighted by atomic mass is 32.1. The number of hydrogen-bond donors (Lipinski definition) is 3. The maximum Gasteiger partial charge on any atom is 0.253 e. The predicted octanol–water partition coefficient (Wildman–Crippen LogP) is 2.33. The van der Waals surface area contributed by atoms with Crippen LogP contribution in [-0.4, -0.2) is 71.4 Å². The van der Waals surface area contributed by atoms with E-state index in [0.717, 1.165) is 49.3 Å². The lowest BCUT2D eigenvalue weighted by atomic mass is 10.1. The molecule has 0 bridgehead atoms. The third kappa shape index (κ3) is 6.97. The topological polar surface area (TPSA) is 80.8 Å². The summed E-state index contributed by atoms with van der Waals surface area (Å²) in [6.07, 6.45) is 1.58. The van der Waals surface area contributed by atoms with Crippen LogP contribution in [0.2, 0.25) is 0 Å². The van der Waals surface area contributed by atoms with Crippen molar-refractivity contribution in [1.82, 2.24) is 20.1 Å². The molecule has 0 amide bonds. The molecule has 7 nitrogen and oxygen atoms in total. The molecule has 0 aliphatic rings. The molecule has 3 N–H and O–H groups in total. The molecule has 2 rings (SSSR count). The summed E-state index contributed by atoms with van der Waals surface area (Å²) in [5.41, 5.74) is 1.26. The zero-order chi connectivity index (χ0) is 21.9. The fourth-order valence-corrected chi connectivity index (χ4v) is 3.60. The second-order valence-electron chi connectivity index (χ2n) is 7.19. The Kier molecular flexibility index (Phi) is 10.1. The summed E-state index contributed by atoms with van der Waals surface area (Å²) in [5, 5.41) is 14.1. The van der Waals surface area contributed by atoms with Crippen LogP contribution in [-0.2, 0) is 6.54 Å². The minimum Gasteiger partial charge on any atom is -0.497 e. The highest BCUT2D eigenvalue weighted by Gasteiger charge is 2.13. The first kappa shape index (κ1) is 24.1. The van der Waals surface area contributed by atoms with Crippen LogP contribution in [0.25, 0.3) is 10.9 Å². The summed E-state index contributed by atoms with van der Waals surface area (Å²) >= 11 is 5.59. The lowest BCUT2D eigenvalue weighted by Gasteiger charge is -2.26. The van der Waals surface area contributed by atoms with Gasteiger partial charge in [-0.05, 0) is 69.0 Å². The normalized spacial score (nSPS) is 11.1. The number of aliphatic hydroxyl groups is 1. The molecule has 0 aliphatic carbocycles. The number of hydrogen-bond acceptors (Lipinski definition) is 5. The molecule has 0 radical (unpaired) electrons. The van der Waals surface area contributed by atoms with Gasteiger partial charge in [-0.1, -0.05) is 13.8 Å². The van der Waals surface area contributed by atoms with Crippen molar-refractivity contribution in [3.63, 3.8) is 0 Å². The fourth-order valence-electron chi connectivity index (χ4n) is 3.34. The van der Waals surface area contributed by atoms with Gasteiger partial charge in [0.25, 0.3) is 5.56 Å². The smallest absolute Gasteiger partial charge is 0.253 e. The van der Waals surface area contributed by atoms with Crippen LogP contribution in [0.15, 0.2) is 29.1 Å². The number of rotatable bonds is 12. The van der Waals surface area contributed by atoms with Gasteiger partial charge in [-0.25, -0.2) is 0 Å². The standard InChI is InChI=1S/C22H34N4O3S/c1-4-25(5-2)11-6-10-23-22(30)26(12-7-13-27)16-18-14-17-15-19(29-3)8-9-20(17)24-21(18)28/h8-9,14-15,27H,4-7,10-13,16H2,1-3H3,(H,23,30)(H,24,28). The number of aromatic amines is 1. The van der Waals surface area contributed by atoms with E-state index >= 15 is 0 Å². The Morgan fingerprint density at radius 3 is 2.63 bits per heavy atom. The number of benzene rings is 1. The minimum atomic E-state index is -0.133. The Labute approximate surface area is 184 Å². The van der Waals surface area contributed by atoms with Crippen LogP contribution in [0.3, 0.4) is 0 Å².